The Morgan fingerprint density at radius 2 is 1.78 bits per heavy atom. The summed E-state index contributed by atoms with van der Waals surface area (Å²) in [5.41, 5.74) is 5.93. The van der Waals surface area contributed by atoms with E-state index in [0.29, 0.717) is 39.5 Å². The van der Waals surface area contributed by atoms with E-state index in [1.807, 2.05) is 49.4 Å². The summed E-state index contributed by atoms with van der Waals surface area (Å²) in [4.78, 5) is 18.5. The predicted molar refractivity (Wildman–Crippen MR) is 142 cm³/mol. The van der Waals surface area contributed by atoms with Gasteiger partial charge in [-0.3, -0.25) is 4.79 Å². The number of amides is 1. The normalized spacial score (nSPS) is 14.8. The monoisotopic (exact) mass is 499 g/mol. The van der Waals surface area contributed by atoms with Crippen molar-refractivity contribution in [3.05, 3.63) is 99.7 Å². The van der Waals surface area contributed by atoms with Crippen LogP contribution in [-0.2, 0) is 4.79 Å². The lowest BCUT2D eigenvalue weighted by molar-refractivity contribution is -0.113. The van der Waals surface area contributed by atoms with Gasteiger partial charge < -0.3 is 15.4 Å². The van der Waals surface area contributed by atoms with Gasteiger partial charge in [-0.05, 0) is 67.8 Å². The standard InChI is InChI=1S/C28H26ClN5O2/c1-16-9-10-20(15-17(16)2)26-32-28-30-18(3)24(27(35)31-22-7-5-6-8-23(22)36-4)25(34(28)33-26)19-11-13-21(29)14-12-19/h5-15,25H,1-4H3,(H,31,35)(H,30,32,33). The molecule has 0 fully saturated rings. The molecular weight excluding hydrogens is 474 g/mol. The van der Waals surface area contributed by atoms with Crippen LogP contribution in [0.25, 0.3) is 11.4 Å². The first-order valence-electron chi connectivity index (χ1n) is 11.6. The minimum Gasteiger partial charge on any atom is -0.495 e. The number of nitrogens with one attached hydrogen (secondary N) is 2. The molecule has 3 aromatic carbocycles. The number of carbonyl (C=O) groups excluding carboxylic acids is 1. The summed E-state index contributed by atoms with van der Waals surface area (Å²) >= 11 is 6.18. The average Bonchev–Trinajstić information content (AvgIpc) is 3.29. The topological polar surface area (TPSA) is 81.1 Å². The van der Waals surface area contributed by atoms with Crippen LogP contribution < -0.4 is 15.4 Å². The Hall–Kier alpha value is -4.10. The molecule has 1 aromatic heterocycles. The Bertz CT molecular complexity index is 1490. The number of fused-ring (bicyclic) bond motifs is 1. The number of aryl methyl sites for hydroxylation is 2. The summed E-state index contributed by atoms with van der Waals surface area (Å²) in [5.74, 6) is 1.46. The van der Waals surface area contributed by atoms with Crippen LogP contribution in [0.5, 0.6) is 5.75 Å². The van der Waals surface area contributed by atoms with E-state index < -0.39 is 6.04 Å². The maximum atomic E-state index is 13.7. The number of methoxy groups -OCH3 is 1. The molecule has 0 spiro atoms. The van der Waals surface area contributed by atoms with Crippen molar-refractivity contribution in [1.29, 1.82) is 0 Å². The third-order valence-corrected chi connectivity index (χ3v) is 6.66. The molecule has 182 valence electrons. The highest BCUT2D eigenvalue weighted by molar-refractivity contribution is 6.30. The number of ether oxygens (including phenoxy) is 1. The van der Waals surface area contributed by atoms with Gasteiger partial charge in [0.2, 0.25) is 5.95 Å². The van der Waals surface area contributed by atoms with Crippen molar-refractivity contribution in [2.75, 3.05) is 17.7 Å². The molecule has 0 aliphatic carbocycles. The fourth-order valence-corrected chi connectivity index (χ4v) is 4.46. The number of hydrogen-bond donors (Lipinski definition) is 2. The fourth-order valence-electron chi connectivity index (χ4n) is 4.34. The lowest BCUT2D eigenvalue weighted by Crippen LogP contribution is -2.31. The van der Waals surface area contributed by atoms with E-state index in [1.165, 1.54) is 5.56 Å². The lowest BCUT2D eigenvalue weighted by Gasteiger charge is -2.28. The Kier molecular flexibility index (Phi) is 6.24. The van der Waals surface area contributed by atoms with Crippen LogP contribution in [-0.4, -0.2) is 27.8 Å². The van der Waals surface area contributed by atoms with E-state index in [0.717, 1.165) is 16.7 Å². The van der Waals surface area contributed by atoms with Crippen molar-refractivity contribution in [1.82, 2.24) is 14.8 Å². The van der Waals surface area contributed by atoms with Crippen molar-refractivity contribution in [2.45, 2.75) is 26.8 Å². The van der Waals surface area contributed by atoms with Crippen LogP contribution in [0.4, 0.5) is 11.6 Å². The largest absolute Gasteiger partial charge is 0.495 e. The molecular formula is C28H26ClN5O2. The molecule has 4 aromatic rings. The van der Waals surface area contributed by atoms with Crippen LogP contribution in [0, 0.1) is 13.8 Å². The molecule has 1 aliphatic heterocycles. The van der Waals surface area contributed by atoms with E-state index in [-0.39, 0.29) is 5.91 Å². The fraction of sp³-hybridized carbons (Fsp3) is 0.179. The van der Waals surface area contributed by atoms with Gasteiger partial charge in [-0.2, -0.15) is 4.98 Å². The van der Waals surface area contributed by atoms with Crippen molar-refractivity contribution in [2.24, 2.45) is 0 Å². The summed E-state index contributed by atoms with van der Waals surface area (Å²) in [6, 6.07) is 20.4. The molecule has 1 atom stereocenters. The molecule has 0 bridgehead atoms. The van der Waals surface area contributed by atoms with Gasteiger partial charge in [0, 0.05) is 16.3 Å². The third-order valence-electron chi connectivity index (χ3n) is 6.40. The molecule has 2 N–H and O–H groups in total. The quantitative estimate of drug-likeness (QED) is 0.344. The number of para-hydroxylation sites is 2. The smallest absolute Gasteiger partial charge is 0.255 e. The second-order valence-electron chi connectivity index (χ2n) is 8.77. The van der Waals surface area contributed by atoms with Gasteiger partial charge in [0.25, 0.3) is 5.91 Å². The average molecular weight is 500 g/mol. The Morgan fingerprint density at radius 3 is 2.50 bits per heavy atom. The Morgan fingerprint density at radius 1 is 1.03 bits per heavy atom. The van der Waals surface area contributed by atoms with Crippen LogP contribution in [0.3, 0.4) is 0 Å². The summed E-state index contributed by atoms with van der Waals surface area (Å²) in [5, 5.41) is 11.8. The number of carbonyl (C=O) groups is 1. The van der Waals surface area contributed by atoms with E-state index in [1.54, 1.807) is 23.9 Å². The van der Waals surface area contributed by atoms with Gasteiger partial charge in [-0.15, -0.1) is 5.10 Å². The number of aromatic nitrogens is 3. The second-order valence-corrected chi connectivity index (χ2v) is 9.21. The molecule has 1 amide bonds. The zero-order valence-electron chi connectivity index (χ0n) is 20.5. The van der Waals surface area contributed by atoms with Crippen LogP contribution >= 0.6 is 11.6 Å². The van der Waals surface area contributed by atoms with Crippen molar-refractivity contribution in [3.63, 3.8) is 0 Å². The third kappa shape index (κ3) is 4.33. The van der Waals surface area contributed by atoms with Crippen LogP contribution in [0.1, 0.15) is 29.7 Å². The lowest BCUT2D eigenvalue weighted by atomic mass is 9.95. The first-order chi connectivity index (χ1) is 17.4. The summed E-state index contributed by atoms with van der Waals surface area (Å²) in [6.45, 7) is 6.01. The second kappa shape index (κ2) is 9.51. The first-order valence-corrected chi connectivity index (χ1v) is 12.0. The number of benzene rings is 3. The van der Waals surface area contributed by atoms with Crippen molar-refractivity contribution in [3.8, 4) is 17.1 Å². The molecule has 8 heteroatoms. The van der Waals surface area contributed by atoms with E-state index >= 15 is 0 Å². The number of halogens is 1. The Balaban J connectivity index is 1.60. The van der Waals surface area contributed by atoms with E-state index in [2.05, 4.69) is 36.6 Å². The number of rotatable bonds is 5. The molecule has 1 unspecified atom stereocenters. The predicted octanol–water partition coefficient (Wildman–Crippen LogP) is 6.15. The summed E-state index contributed by atoms with van der Waals surface area (Å²) in [7, 11) is 1.57. The number of anilines is 2. The first kappa shape index (κ1) is 23.6. The number of hydrogen-bond acceptors (Lipinski definition) is 5. The minimum absolute atomic E-state index is 0.265. The molecule has 36 heavy (non-hydrogen) atoms. The molecule has 2 heterocycles. The number of allylic oxidation sites excluding steroid dienone is 1. The molecule has 1 aliphatic rings. The van der Waals surface area contributed by atoms with Gasteiger partial charge in [0.15, 0.2) is 5.82 Å². The Labute approximate surface area is 214 Å². The van der Waals surface area contributed by atoms with Gasteiger partial charge in [-0.25, -0.2) is 4.68 Å². The van der Waals surface area contributed by atoms with Gasteiger partial charge in [0.1, 0.15) is 11.8 Å². The van der Waals surface area contributed by atoms with Gasteiger partial charge in [-0.1, -0.05) is 48.0 Å². The van der Waals surface area contributed by atoms with E-state index in [4.69, 9.17) is 26.4 Å². The SMILES string of the molecule is COc1ccccc1NC(=O)C1=C(C)Nc2nc(-c3ccc(C)c(C)c3)nn2C1c1ccc(Cl)cc1. The highest BCUT2D eigenvalue weighted by Crippen LogP contribution is 2.38. The maximum absolute atomic E-state index is 13.7. The molecule has 0 saturated heterocycles. The summed E-state index contributed by atoms with van der Waals surface area (Å²) < 4.78 is 7.18. The minimum atomic E-state index is -0.513. The van der Waals surface area contributed by atoms with Gasteiger partial charge >= 0.3 is 0 Å². The maximum Gasteiger partial charge on any atom is 0.255 e. The van der Waals surface area contributed by atoms with Crippen LogP contribution in [0.2, 0.25) is 5.02 Å². The van der Waals surface area contributed by atoms with E-state index in [9.17, 15) is 4.79 Å². The van der Waals surface area contributed by atoms with Gasteiger partial charge in [0.05, 0.1) is 18.4 Å². The zero-order valence-corrected chi connectivity index (χ0v) is 21.2. The summed E-state index contributed by atoms with van der Waals surface area (Å²) in [6.07, 6.45) is 0. The zero-order chi connectivity index (χ0) is 25.4. The van der Waals surface area contributed by atoms with Crippen molar-refractivity contribution >= 4 is 29.1 Å². The van der Waals surface area contributed by atoms with Crippen molar-refractivity contribution < 1.29 is 9.53 Å². The molecule has 5 rings (SSSR count). The number of nitrogens with zero attached hydrogens (tertiary/aromatic N) is 3. The molecule has 7 nitrogen and oxygen atoms in total. The molecule has 0 saturated carbocycles. The van der Waals surface area contributed by atoms with Crippen LogP contribution in [0.15, 0.2) is 78.0 Å². The highest BCUT2D eigenvalue weighted by atomic mass is 35.5. The molecule has 0 radical (unpaired) electrons. The highest BCUT2D eigenvalue weighted by Gasteiger charge is 2.34.